The molecule has 1 aliphatic heterocycles. The lowest BCUT2D eigenvalue weighted by Gasteiger charge is -2.40. The minimum Gasteiger partial charge on any atom is -0.314 e. The second-order valence-corrected chi connectivity index (χ2v) is 5.68. The summed E-state index contributed by atoms with van der Waals surface area (Å²) in [6.07, 6.45) is 6.28. The van der Waals surface area contributed by atoms with Crippen molar-refractivity contribution in [3.63, 3.8) is 0 Å². The molecule has 3 atom stereocenters. The van der Waals surface area contributed by atoms with Crippen molar-refractivity contribution in [2.24, 2.45) is 5.92 Å². The van der Waals surface area contributed by atoms with Gasteiger partial charge < -0.3 is 10.2 Å². The van der Waals surface area contributed by atoms with Crippen molar-refractivity contribution in [2.45, 2.75) is 45.3 Å². The van der Waals surface area contributed by atoms with Crippen molar-refractivity contribution < 1.29 is 0 Å². The molecule has 1 saturated heterocycles. The Bertz CT molecular complexity index is 336. The summed E-state index contributed by atoms with van der Waals surface area (Å²) in [6.45, 7) is 7.98. The minimum atomic E-state index is 0.675. The summed E-state index contributed by atoms with van der Waals surface area (Å²) < 4.78 is 2.00. The van der Waals surface area contributed by atoms with Gasteiger partial charge in [-0.05, 0) is 45.3 Å². The Morgan fingerprint density at radius 2 is 2.22 bits per heavy atom. The summed E-state index contributed by atoms with van der Waals surface area (Å²) >= 11 is 0. The zero-order chi connectivity index (χ0) is 13.0. The molecule has 0 aromatic carbocycles. The predicted molar refractivity (Wildman–Crippen MR) is 74.5 cm³/mol. The van der Waals surface area contributed by atoms with Gasteiger partial charge in [-0.15, -0.1) is 0 Å². The molecule has 102 valence electrons. The molecule has 2 rings (SSSR count). The number of hydrogen-bond acceptors (Lipinski definition) is 3. The molecule has 0 bridgehead atoms. The van der Waals surface area contributed by atoms with Crippen molar-refractivity contribution in [1.82, 2.24) is 20.0 Å². The standard InChI is InChI=1S/C14H26N4/c1-12-11-17(3)13(2)10-14(12)15-6-4-8-18-9-5-7-16-18/h5,7,9,12-15H,4,6,8,10-11H2,1-3H3/t12-,13+,14+/m1/s1. The van der Waals surface area contributed by atoms with E-state index in [9.17, 15) is 0 Å². The highest BCUT2D eigenvalue weighted by Gasteiger charge is 2.28. The van der Waals surface area contributed by atoms with Crippen LogP contribution in [-0.4, -0.2) is 46.9 Å². The summed E-state index contributed by atoms with van der Waals surface area (Å²) in [6, 6.07) is 3.35. The first-order chi connectivity index (χ1) is 8.66. The van der Waals surface area contributed by atoms with Crippen LogP contribution in [0.15, 0.2) is 18.5 Å². The average molecular weight is 250 g/mol. The van der Waals surface area contributed by atoms with Crippen molar-refractivity contribution in [3.8, 4) is 0 Å². The maximum atomic E-state index is 4.22. The number of likely N-dealkylation sites (tertiary alicyclic amines) is 1. The van der Waals surface area contributed by atoms with Crippen LogP contribution in [0.25, 0.3) is 0 Å². The van der Waals surface area contributed by atoms with Gasteiger partial charge in [0.05, 0.1) is 0 Å². The third-order valence-electron chi connectivity index (χ3n) is 4.14. The molecule has 0 spiro atoms. The molecule has 1 aromatic rings. The van der Waals surface area contributed by atoms with Gasteiger partial charge in [-0.2, -0.15) is 5.10 Å². The van der Waals surface area contributed by atoms with Crippen LogP contribution in [0, 0.1) is 5.92 Å². The number of rotatable bonds is 5. The SMILES string of the molecule is C[C@@H]1CN(C)[C@@H](C)C[C@@H]1NCCCn1cccn1. The van der Waals surface area contributed by atoms with E-state index in [1.807, 2.05) is 23.1 Å². The molecule has 0 radical (unpaired) electrons. The third kappa shape index (κ3) is 3.56. The summed E-state index contributed by atoms with van der Waals surface area (Å²) in [7, 11) is 2.23. The Kier molecular flexibility index (Phi) is 4.78. The largest absolute Gasteiger partial charge is 0.314 e. The number of aromatic nitrogens is 2. The molecule has 2 heterocycles. The lowest BCUT2D eigenvalue weighted by Crippen LogP contribution is -2.51. The quantitative estimate of drug-likeness (QED) is 0.806. The number of nitrogens with zero attached hydrogens (tertiary/aromatic N) is 3. The van der Waals surface area contributed by atoms with Crippen LogP contribution >= 0.6 is 0 Å². The van der Waals surface area contributed by atoms with E-state index in [-0.39, 0.29) is 0 Å². The average Bonchev–Trinajstić information content (AvgIpc) is 2.84. The molecule has 18 heavy (non-hydrogen) atoms. The Morgan fingerprint density at radius 3 is 2.94 bits per heavy atom. The van der Waals surface area contributed by atoms with Gasteiger partial charge in [0.25, 0.3) is 0 Å². The van der Waals surface area contributed by atoms with Crippen LogP contribution in [0.3, 0.4) is 0 Å². The molecule has 1 aromatic heterocycles. The molecule has 0 unspecified atom stereocenters. The number of aryl methyl sites for hydroxylation is 1. The van der Waals surface area contributed by atoms with Gasteiger partial charge in [-0.25, -0.2) is 0 Å². The van der Waals surface area contributed by atoms with Crippen LogP contribution in [0.4, 0.5) is 0 Å². The highest BCUT2D eigenvalue weighted by atomic mass is 15.3. The molecule has 1 aliphatic rings. The lowest BCUT2D eigenvalue weighted by molar-refractivity contribution is 0.121. The second-order valence-electron chi connectivity index (χ2n) is 5.68. The summed E-state index contributed by atoms with van der Waals surface area (Å²) in [5, 5.41) is 7.94. The first kappa shape index (κ1) is 13.6. The smallest absolute Gasteiger partial charge is 0.0489 e. The Morgan fingerprint density at radius 1 is 1.39 bits per heavy atom. The van der Waals surface area contributed by atoms with Crippen molar-refractivity contribution in [1.29, 1.82) is 0 Å². The second kappa shape index (κ2) is 6.34. The van der Waals surface area contributed by atoms with Gasteiger partial charge in [0, 0.05) is 37.6 Å². The van der Waals surface area contributed by atoms with E-state index in [4.69, 9.17) is 0 Å². The summed E-state index contributed by atoms with van der Waals surface area (Å²) in [5.41, 5.74) is 0. The first-order valence-corrected chi connectivity index (χ1v) is 7.08. The molecule has 1 fully saturated rings. The molecule has 4 heteroatoms. The zero-order valence-corrected chi connectivity index (χ0v) is 11.8. The third-order valence-corrected chi connectivity index (χ3v) is 4.14. The fraction of sp³-hybridized carbons (Fsp3) is 0.786. The summed E-state index contributed by atoms with van der Waals surface area (Å²) in [5.74, 6) is 0.746. The summed E-state index contributed by atoms with van der Waals surface area (Å²) in [4.78, 5) is 2.46. The van der Waals surface area contributed by atoms with Gasteiger partial charge in [-0.3, -0.25) is 4.68 Å². The zero-order valence-electron chi connectivity index (χ0n) is 11.8. The van der Waals surface area contributed by atoms with Crippen LogP contribution < -0.4 is 5.32 Å². The van der Waals surface area contributed by atoms with Crippen LogP contribution in [-0.2, 0) is 6.54 Å². The van der Waals surface area contributed by atoms with Crippen molar-refractivity contribution >= 4 is 0 Å². The van der Waals surface area contributed by atoms with Gasteiger partial charge in [0.2, 0.25) is 0 Å². The normalized spacial score (nSPS) is 29.6. The van der Waals surface area contributed by atoms with Gasteiger partial charge in [0.15, 0.2) is 0 Å². The highest BCUT2D eigenvalue weighted by Crippen LogP contribution is 2.20. The topological polar surface area (TPSA) is 33.1 Å². The minimum absolute atomic E-state index is 0.675. The predicted octanol–water partition coefficient (Wildman–Crippen LogP) is 1.59. The Hall–Kier alpha value is -0.870. The van der Waals surface area contributed by atoms with Gasteiger partial charge in [-0.1, -0.05) is 6.92 Å². The molecule has 0 amide bonds. The van der Waals surface area contributed by atoms with E-state index in [0.29, 0.717) is 12.1 Å². The van der Waals surface area contributed by atoms with Crippen molar-refractivity contribution in [3.05, 3.63) is 18.5 Å². The number of nitrogens with one attached hydrogen (secondary N) is 1. The maximum absolute atomic E-state index is 4.22. The molecular formula is C14H26N4. The number of hydrogen-bond donors (Lipinski definition) is 1. The highest BCUT2D eigenvalue weighted by molar-refractivity contribution is 4.86. The van der Waals surface area contributed by atoms with E-state index < -0.39 is 0 Å². The van der Waals surface area contributed by atoms with Crippen molar-refractivity contribution in [2.75, 3.05) is 20.1 Å². The van der Waals surface area contributed by atoms with Gasteiger partial charge in [0.1, 0.15) is 0 Å². The monoisotopic (exact) mass is 250 g/mol. The molecule has 0 aliphatic carbocycles. The molecule has 4 nitrogen and oxygen atoms in total. The molecule has 0 saturated carbocycles. The Balaban J connectivity index is 1.67. The first-order valence-electron chi connectivity index (χ1n) is 7.08. The molecule has 1 N–H and O–H groups in total. The number of piperidine rings is 1. The van der Waals surface area contributed by atoms with E-state index >= 15 is 0 Å². The fourth-order valence-electron chi connectivity index (χ4n) is 2.79. The van der Waals surface area contributed by atoms with E-state index in [1.54, 1.807) is 0 Å². The molecular weight excluding hydrogens is 224 g/mol. The van der Waals surface area contributed by atoms with Gasteiger partial charge >= 0.3 is 0 Å². The maximum Gasteiger partial charge on any atom is 0.0489 e. The van der Waals surface area contributed by atoms with E-state index in [1.165, 1.54) is 13.0 Å². The van der Waals surface area contributed by atoms with Crippen LogP contribution in [0.5, 0.6) is 0 Å². The van der Waals surface area contributed by atoms with E-state index in [2.05, 4.69) is 36.2 Å². The van der Waals surface area contributed by atoms with E-state index in [0.717, 1.165) is 25.4 Å². The fourth-order valence-corrected chi connectivity index (χ4v) is 2.79. The Labute approximate surface area is 110 Å². The van der Waals surface area contributed by atoms with Crippen LogP contribution in [0.2, 0.25) is 0 Å². The lowest BCUT2D eigenvalue weighted by atomic mass is 9.90. The van der Waals surface area contributed by atoms with Crippen LogP contribution in [0.1, 0.15) is 26.7 Å².